The number of rotatable bonds is 0. The Bertz CT molecular complexity index is 121. The van der Waals surface area contributed by atoms with E-state index in [9.17, 15) is 4.79 Å². The summed E-state index contributed by atoms with van der Waals surface area (Å²) in [5.74, 6) is 0. The number of amides is 2. The van der Waals surface area contributed by atoms with Gasteiger partial charge in [0.25, 0.3) is 6.48 Å². The minimum atomic E-state index is -2.17. The molecular weight excluding hydrogens is 156 g/mol. The first kappa shape index (κ1) is 12.6. The fourth-order valence-electron chi connectivity index (χ4n) is 0.146. The summed E-state index contributed by atoms with van der Waals surface area (Å²) in [4.78, 5) is 13.0. The fraction of sp³-hybridized carbons (Fsp3) is 0.500. The van der Waals surface area contributed by atoms with Gasteiger partial charge in [0.05, 0.1) is 0 Å². The molecule has 0 unspecified atom stereocenters. The predicted octanol–water partition coefficient (Wildman–Crippen LogP) is -1.58. The monoisotopic (exact) mass is 166 g/mol. The third-order valence-corrected chi connectivity index (χ3v) is 0.342. The van der Waals surface area contributed by atoms with Crippen LogP contribution in [0.25, 0.3) is 0 Å². The van der Waals surface area contributed by atoms with Crippen LogP contribution in [0.1, 0.15) is 6.92 Å². The summed E-state index contributed by atoms with van der Waals surface area (Å²) in [7, 11) is 0. The molecular formula is C4H10N2O5. The number of urea groups is 1. The van der Waals surface area contributed by atoms with E-state index in [4.69, 9.17) is 20.5 Å². The molecule has 0 aliphatic heterocycles. The van der Waals surface area contributed by atoms with Crippen LogP contribution < -0.4 is 5.48 Å². The molecule has 0 aliphatic rings. The van der Waals surface area contributed by atoms with Gasteiger partial charge in [0.15, 0.2) is 0 Å². The lowest BCUT2D eigenvalue weighted by Gasteiger charge is -1.82. The highest BCUT2D eigenvalue weighted by atomic mass is 16.6. The number of hydrogen-bond donors (Lipinski definition) is 5. The first-order valence-electron chi connectivity index (χ1n) is 2.51. The topological polar surface area (TPSA) is 122 Å². The number of aliphatic imine (C=N–C) groups is 1. The van der Waals surface area contributed by atoms with Crippen molar-refractivity contribution >= 4 is 12.2 Å². The molecule has 0 spiro atoms. The lowest BCUT2D eigenvalue weighted by Crippen LogP contribution is -2.13. The maximum atomic E-state index is 9.85. The molecule has 5 N–H and O–H groups in total. The van der Waals surface area contributed by atoms with Gasteiger partial charge in [-0.05, 0) is 6.92 Å². The van der Waals surface area contributed by atoms with E-state index >= 15 is 0 Å². The van der Waals surface area contributed by atoms with E-state index in [1.165, 1.54) is 11.7 Å². The second-order valence-corrected chi connectivity index (χ2v) is 1.15. The quantitative estimate of drug-likeness (QED) is 0.129. The molecule has 0 bridgehead atoms. The molecule has 0 aliphatic carbocycles. The molecule has 0 aromatic rings. The fourth-order valence-corrected chi connectivity index (χ4v) is 0.146. The molecule has 0 radical (unpaired) electrons. The van der Waals surface area contributed by atoms with Crippen molar-refractivity contribution in [1.82, 2.24) is 5.48 Å². The average molecular weight is 166 g/mol. The number of hydroxylamine groups is 1. The van der Waals surface area contributed by atoms with Crippen LogP contribution in [0.4, 0.5) is 4.79 Å². The van der Waals surface area contributed by atoms with Gasteiger partial charge in [0.1, 0.15) is 0 Å². The van der Waals surface area contributed by atoms with Crippen molar-refractivity contribution < 1.29 is 25.3 Å². The number of aliphatic hydroxyl groups excluding tert-OH is 1. The zero-order valence-corrected chi connectivity index (χ0v) is 5.80. The van der Waals surface area contributed by atoms with Gasteiger partial charge >= 0.3 is 6.03 Å². The highest BCUT2D eigenvalue weighted by Gasteiger charge is 1.84. The Morgan fingerprint density at radius 1 is 1.55 bits per heavy atom. The van der Waals surface area contributed by atoms with Crippen LogP contribution in [0, 0.1) is 0 Å². The molecule has 0 atom stereocenters. The highest BCUT2D eigenvalue weighted by molar-refractivity contribution is 5.81. The van der Waals surface area contributed by atoms with Crippen molar-refractivity contribution in [2.45, 2.75) is 13.4 Å². The van der Waals surface area contributed by atoms with Gasteiger partial charge in [-0.25, -0.2) is 15.3 Å². The van der Waals surface area contributed by atoms with E-state index < -0.39 is 12.5 Å². The maximum absolute atomic E-state index is 9.85. The van der Waals surface area contributed by atoms with E-state index in [1.807, 2.05) is 0 Å². The van der Waals surface area contributed by atoms with Crippen LogP contribution in [0.3, 0.4) is 0 Å². The molecule has 2 amide bonds. The number of carbonyl (C=O) groups is 1. The number of nitrogens with one attached hydrogen (secondary N) is 1. The standard InChI is InChI=1S/C3H6N2O2.CH4O3/c1-2-4-3(6)5-7;2-1(3)4/h2,7H,1H3,(H,5,6);1-4H. The molecule has 0 aromatic carbocycles. The molecule has 0 rings (SSSR count). The molecule has 0 saturated heterocycles. The number of aliphatic hydroxyl groups is 3. The van der Waals surface area contributed by atoms with E-state index in [0.717, 1.165) is 0 Å². The molecule has 0 saturated carbocycles. The largest absolute Gasteiger partial charge is 0.364 e. The van der Waals surface area contributed by atoms with Crippen LogP contribution in [-0.2, 0) is 0 Å². The summed E-state index contributed by atoms with van der Waals surface area (Å²) < 4.78 is 0. The Morgan fingerprint density at radius 3 is 2.00 bits per heavy atom. The number of hydrogen-bond acceptors (Lipinski definition) is 5. The maximum Gasteiger partial charge on any atom is 0.364 e. The normalized spacial score (nSPS) is 9.27. The molecule has 7 nitrogen and oxygen atoms in total. The van der Waals surface area contributed by atoms with Crippen molar-refractivity contribution in [2.75, 3.05) is 0 Å². The Kier molecular flexibility index (Phi) is 10.3. The first-order chi connectivity index (χ1) is 5.04. The van der Waals surface area contributed by atoms with Crippen LogP contribution in [-0.4, -0.2) is 39.2 Å². The molecule has 66 valence electrons. The summed E-state index contributed by atoms with van der Waals surface area (Å²) in [5.41, 5.74) is 1.33. The van der Waals surface area contributed by atoms with Gasteiger partial charge in [-0.1, -0.05) is 0 Å². The lowest BCUT2D eigenvalue weighted by atomic mass is 10.9. The van der Waals surface area contributed by atoms with E-state index in [2.05, 4.69) is 4.99 Å². The average Bonchev–Trinajstić information content (AvgIpc) is 1.87. The predicted molar refractivity (Wildman–Crippen MR) is 34.9 cm³/mol. The summed E-state index contributed by atoms with van der Waals surface area (Å²) in [5, 5.41) is 29.3. The van der Waals surface area contributed by atoms with Crippen molar-refractivity contribution in [3.05, 3.63) is 0 Å². The summed E-state index contributed by atoms with van der Waals surface area (Å²) in [6, 6.07) is -0.748. The van der Waals surface area contributed by atoms with E-state index in [-0.39, 0.29) is 0 Å². The van der Waals surface area contributed by atoms with Crippen LogP contribution >= 0.6 is 0 Å². The van der Waals surface area contributed by atoms with Crippen LogP contribution in [0.15, 0.2) is 4.99 Å². The molecule has 11 heavy (non-hydrogen) atoms. The summed E-state index contributed by atoms with van der Waals surface area (Å²) >= 11 is 0. The molecule has 0 fully saturated rings. The number of carbonyl (C=O) groups excluding carboxylic acids is 1. The van der Waals surface area contributed by atoms with Gasteiger partial charge < -0.3 is 15.3 Å². The Hall–Kier alpha value is -1.02. The van der Waals surface area contributed by atoms with Crippen molar-refractivity contribution in [1.29, 1.82) is 0 Å². The highest BCUT2D eigenvalue weighted by Crippen LogP contribution is 1.65. The molecule has 0 aromatic heterocycles. The molecule has 0 heterocycles. The summed E-state index contributed by atoms with van der Waals surface area (Å²) in [6.07, 6.45) is 1.28. The van der Waals surface area contributed by atoms with Crippen molar-refractivity contribution in [3.63, 3.8) is 0 Å². The first-order valence-corrected chi connectivity index (χ1v) is 2.51. The zero-order chi connectivity index (χ0) is 9.28. The van der Waals surface area contributed by atoms with E-state index in [0.29, 0.717) is 0 Å². The minimum Gasteiger partial charge on any atom is -0.346 e. The van der Waals surface area contributed by atoms with Gasteiger partial charge in [-0.15, -0.1) is 0 Å². The van der Waals surface area contributed by atoms with Gasteiger partial charge in [-0.2, -0.15) is 0 Å². The second kappa shape index (κ2) is 8.98. The minimum absolute atomic E-state index is 0.748. The van der Waals surface area contributed by atoms with Crippen LogP contribution in [0.5, 0.6) is 0 Å². The van der Waals surface area contributed by atoms with Gasteiger partial charge in [0, 0.05) is 6.21 Å². The van der Waals surface area contributed by atoms with Gasteiger partial charge in [-0.3, -0.25) is 5.21 Å². The molecule has 7 heteroatoms. The van der Waals surface area contributed by atoms with Crippen molar-refractivity contribution in [2.24, 2.45) is 4.99 Å². The Balaban J connectivity index is 0. The second-order valence-electron chi connectivity index (χ2n) is 1.15. The lowest BCUT2D eigenvalue weighted by molar-refractivity contribution is -0.198. The Morgan fingerprint density at radius 2 is 1.91 bits per heavy atom. The summed E-state index contributed by atoms with van der Waals surface area (Å²) in [6.45, 7) is -0.588. The van der Waals surface area contributed by atoms with E-state index in [1.54, 1.807) is 6.92 Å². The Labute approximate surface area is 62.6 Å². The van der Waals surface area contributed by atoms with Crippen LogP contribution in [0.2, 0.25) is 0 Å². The smallest absolute Gasteiger partial charge is 0.346 e. The van der Waals surface area contributed by atoms with Gasteiger partial charge in [0.2, 0.25) is 0 Å². The third kappa shape index (κ3) is 27.6. The number of nitrogens with zero attached hydrogens (tertiary/aromatic N) is 1. The van der Waals surface area contributed by atoms with Crippen molar-refractivity contribution in [3.8, 4) is 0 Å². The third-order valence-electron chi connectivity index (χ3n) is 0.342. The zero-order valence-electron chi connectivity index (χ0n) is 5.80. The SMILES string of the molecule is CC=NC(=O)NO.OC(O)O.